The monoisotopic (exact) mass is 263 g/mol. The third-order valence-electron chi connectivity index (χ3n) is 2.87. The Morgan fingerprint density at radius 2 is 2.06 bits per heavy atom. The van der Waals surface area contributed by atoms with Crippen LogP contribution in [-0.2, 0) is 9.53 Å². The minimum atomic E-state index is -0.199. The molecular formula is C14H17NO2S. The molecule has 0 saturated carbocycles. The Balaban J connectivity index is 1.92. The number of nitrogens with zero attached hydrogens (tertiary/aromatic N) is 1. The zero-order valence-electron chi connectivity index (χ0n) is 10.7. The van der Waals surface area contributed by atoms with Crippen LogP contribution in [0.4, 0.5) is 0 Å². The molecule has 18 heavy (non-hydrogen) atoms. The summed E-state index contributed by atoms with van der Waals surface area (Å²) in [4.78, 5) is 12.6. The fourth-order valence-electron chi connectivity index (χ4n) is 1.80. The van der Waals surface area contributed by atoms with E-state index in [4.69, 9.17) is 4.74 Å². The van der Waals surface area contributed by atoms with Crippen molar-refractivity contribution in [2.45, 2.75) is 18.2 Å². The number of ether oxygens (including phenoxy) is 1. The zero-order valence-corrected chi connectivity index (χ0v) is 11.5. The third-order valence-corrected chi connectivity index (χ3v) is 3.95. The predicted molar refractivity (Wildman–Crippen MR) is 73.3 cm³/mol. The molecule has 1 aromatic carbocycles. The molecule has 0 atom stereocenters. The lowest BCUT2D eigenvalue weighted by molar-refractivity contribution is -0.136. The van der Waals surface area contributed by atoms with Crippen molar-refractivity contribution in [1.29, 1.82) is 0 Å². The number of carbonyl (C=O) groups excluding carboxylic acids is 1. The fraction of sp³-hybridized carbons (Fsp3) is 0.357. The maximum absolute atomic E-state index is 11.4. The van der Waals surface area contributed by atoms with E-state index in [2.05, 4.69) is 35.5 Å². The SMILES string of the molecule is COC(=O)C1=CCN(Sc2ccc(C)cc2)CC1. The topological polar surface area (TPSA) is 29.5 Å². The van der Waals surface area contributed by atoms with Gasteiger partial charge in [-0.1, -0.05) is 23.8 Å². The number of methoxy groups -OCH3 is 1. The lowest BCUT2D eigenvalue weighted by atomic mass is 10.1. The number of aryl methyl sites for hydroxylation is 1. The molecule has 0 aliphatic carbocycles. The molecule has 2 rings (SSSR count). The normalized spacial score (nSPS) is 16.2. The molecule has 4 heteroatoms. The Kier molecular flexibility index (Phi) is 4.44. The third kappa shape index (κ3) is 3.37. The van der Waals surface area contributed by atoms with Crippen molar-refractivity contribution in [2.75, 3.05) is 20.2 Å². The van der Waals surface area contributed by atoms with Gasteiger partial charge in [-0.15, -0.1) is 0 Å². The van der Waals surface area contributed by atoms with E-state index in [9.17, 15) is 4.79 Å². The Bertz CT molecular complexity index is 453. The van der Waals surface area contributed by atoms with Gasteiger partial charge in [-0.3, -0.25) is 0 Å². The van der Waals surface area contributed by atoms with Crippen molar-refractivity contribution < 1.29 is 9.53 Å². The number of hydrogen-bond donors (Lipinski definition) is 0. The van der Waals surface area contributed by atoms with E-state index >= 15 is 0 Å². The minimum Gasteiger partial charge on any atom is -0.466 e. The summed E-state index contributed by atoms with van der Waals surface area (Å²) in [5.74, 6) is -0.199. The summed E-state index contributed by atoms with van der Waals surface area (Å²) in [6.45, 7) is 3.74. The van der Waals surface area contributed by atoms with Crippen LogP contribution < -0.4 is 0 Å². The van der Waals surface area contributed by atoms with E-state index in [0.29, 0.717) is 0 Å². The lowest BCUT2D eigenvalue weighted by Gasteiger charge is -2.24. The van der Waals surface area contributed by atoms with E-state index in [1.165, 1.54) is 17.6 Å². The van der Waals surface area contributed by atoms with E-state index < -0.39 is 0 Å². The summed E-state index contributed by atoms with van der Waals surface area (Å²) in [6.07, 6.45) is 2.71. The summed E-state index contributed by atoms with van der Waals surface area (Å²) in [7, 11) is 1.43. The fourth-order valence-corrected chi connectivity index (χ4v) is 2.69. The summed E-state index contributed by atoms with van der Waals surface area (Å²) in [5, 5.41) is 0. The highest BCUT2D eigenvalue weighted by atomic mass is 32.2. The molecule has 0 bridgehead atoms. The van der Waals surface area contributed by atoms with E-state index in [0.717, 1.165) is 25.1 Å². The van der Waals surface area contributed by atoms with Crippen LogP contribution in [0.5, 0.6) is 0 Å². The Morgan fingerprint density at radius 1 is 1.33 bits per heavy atom. The van der Waals surface area contributed by atoms with Crippen molar-refractivity contribution >= 4 is 17.9 Å². The van der Waals surface area contributed by atoms with Crippen molar-refractivity contribution in [3.63, 3.8) is 0 Å². The molecule has 0 fully saturated rings. The molecule has 0 unspecified atom stereocenters. The van der Waals surface area contributed by atoms with Gasteiger partial charge < -0.3 is 4.74 Å². The van der Waals surface area contributed by atoms with Gasteiger partial charge in [0.15, 0.2) is 0 Å². The molecule has 1 heterocycles. The molecule has 1 aliphatic rings. The highest BCUT2D eigenvalue weighted by Gasteiger charge is 2.17. The highest BCUT2D eigenvalue weighted by Crippen LogP contribution is 2.26. The number of carbonyl (C=O) groups is 1. The van der Waals surface area contributed by atoms with Crippen LogP contribution in [0.3, 0.4) is 0 Å². The first-order chi connectivity index (χ1) is 8.69. The molecule has 1 aromatic rings. The van der Waals surface area contributed by atoms with Crippen LogP contribution in [-0.4, -0.2) is 30.5 Å². The van der Waals surface area contributed by atoms with Crippen LogP contribution in [0, 0.1) is 6.92 Å². The smallest absolute Gasteiger partial charge is 0.333 e. The maximum Gasteiger partial charge on any atom is 0.333 e. The Labute approximate surface area is 112 Å². The molecule has 96 valence electrons. The van der Waals surface area contributed by atoms with Crippen LogP contribution >= 0.6 is 11.9 Å². The molecule has 0 amide bonds. The summed E-state index contributed by atoms with van der Waals surface area (Å²) >= 11 is 1.73. The van der Waals surface area contributed by atoms with Crippen molar-refractivity contribution in [3.8, 4) is 0 Å². The second-order valence-electron chi connectivity index (χ2n) is 4.26. The van der Waals surface area contributed by atoms with Gasteiger partial charge >= 0.3 is 5.97 Å². The van der Waals surface area contributed by atoms with Crippen LogP contribution in [0.2, 0.25) is 0 Å². The van der Waals surface area contributed by atoms with Gasteiger partial charge in [0.05, 0.1) is 7.11 Å². The highest BCUT2D eigenvalue weighted by molar-refractivity contribution is 7.97. The van der Waals surface area contributed by atoms with Gasteiger partial charge in [-0.05, 0) is 37.4 Å². The van der Waals surface area contributed by atoms with Crippen molar-refractivity contribution in [3.05, 3.63) is 41.5 Å². The average Bonchev–Trinajstić information content (AvgIpc) is 2.41. The molecule has 0 N–H and O–H groups in total. The van der Waals surface area contributed by atoms with Gasteiger partial charge in [0, 0.05) is 23.6 Å². The summed E-state index contributed by atoms with van der Waals surface area (Å²) in [5.41, 5.74) is 2.06. The van der Waals surface area contributed by atoms with Crippen LogP contribution in [0.1, 0.15) is 12.0 Å². The van der Waals surface area contributed by atoms with Gasteiger partial charge in [-0.25, -0.2) is 9.10 Å². The van der Waals surface area contributed by atoms with Gasteiger partial charge in [0.2, 0.25) is 0 Å². The maximum atomic E-state index is 11.4. The van der Waals surface area contributed by atoms with Gasteiger partial charge in [0.25, 0.3) is 0 Å². The van der Waals surface area contributed by atoms with E-state index in [1.807, 2.05) is 6.08 Å². The molecule has 0 radical (unpaired) electrons. The van der Waals surface area contributed by atoms with Gasteiger partial charge in [-0.2, -0.15) is 0 Å². The number of esters is 1. The molecule has 0 spiro atoms. The van der Waals surface area contributed by atoms with E-state index in [1.54, 1.807) is 11.9 Å². The Hall–Kier alpha value is -1.26. The first-order valence-corrected chi connectivity index (χ1v) is 6.73. The van der Waals surface area contributed by atoms with Crippen LogP contribution in [0.25, 0.3) is 0 Å². The summed E-state index contributed by atoms with van der Waals surface area (Å²) in [6, 6.07) is 8.48. The number of hydrogen-bond acceptors (Lipinski definition) is 4. The molecule has 0 saturated heterocycles. The van der Waals surface area contributed by atoms with E-state index in [-0.39, 0.29) is 5.97 Å². The minimum absolute atomic E-state index is 0.199. The molecular weight excluding hydrogens is 246 g/mol. The van der Waals surface area contributed by atoms with Crippen LogP contribution in [0.15, 0.2) is 40.8 Å². The Morgan fingerprint density at radius 3 is 2.61 bits per heavy atom. The van der Waals surface area contributed by atoms with Crippen molar-refractivity contribution in [2.24, 2.45) is 0 Å². The number of rotatable bonds is 3. The first kappa shape index (κ1) is 13.2. The molecule has 0 aromatic heterocycles. The second kappa shape index (κ2) is 6.07. The van der Waals surface area contributed by atoms with Crippen molar-refractivity contribution in [1.82, 2.24) is 4.31 Å². The molecule has 1 aliphatic heterocycles. The average molecular weight is 263 g/mol. The standard InChI is InChI=1S/C14H17NO2S/c1-11-3-5-13(6-4-11)18-15-9-7-12(8-10-15)14(16)17-2/h3-7H,8-10H2,1-2H3. The largest absolute Gasteiger partial charge is 0.466 e. The zero-order chi connectivity index (χ0) is 13.0. The lowest BCUT2D eigenvalue weighted by Crippen LogP contribution is -2.24. The molecule has 3 nitrogen and oxygen atoms in total. The summed E-state index contributed by atoms with van der Waals surface area (Å²) < 4.78 is 6.97. The predicted octanol–water partition coefficient (Wildman–Crippen LogP) is 2.81. The quantitative estimate of drug-likeness (QED) is 0.619. The van der Waals surface area contributed by atoms with Gasteiger partial charge in [0.1, 0.15) is 0 Å². The second-order valence-corrected chi connectivity index (χ2v) is 5.43. The number of benzene rings is 1. The first-order valence-electron chi connectivity index (χ1n) is 5.96.